The van der Waals surface area contributed by atoms with Crippen molar-refractivity contribution < 1.29 is 23.5 Å². The van der Waals surface area contributed by atoms with Gasteiger partial charge in [-0.3, -0.25) is 9.59 Å². The Bertz CT molecular complexity index is 1670. The Morgan fingerprint density at radius 1 is 0.979 bits per heavy atom. The molecule has 3 aromatic carbocycles. The van der Waals surface area contributed by atoms with E-state index in [1.165, 1.54) is 0 Å². The number of nitrogens with one attached hydrogen (secondary N) is 4. The molecule has 5 rings (SSSR count). The molecule has 1 fully saturated rings. The second kappa shape index (κ2) is 17.0. The molecule has 0 aliphatic carbocycles. The third-order valence-corrected chi connectivity index (χ3v) is 7.79. The number of nitrogens with two attached hydrogens (primary N) is 1. The lowest BCUT2D eigenvalue weighted by Crippen LogP contribution is -2.41. The van der Waals surface area contributed by atoms with Crippen LogP contribution in [-0.4, -0.2) is 66.6 Å². The standard InChI is InChI=1S/C35H41FN8O4/c1-47-19-20-48-28-15-13-25(14-16-28)41-35-38-22-29(36)33(43-35)39-26-8-4-9-27(21-26)40-34(46)24-7-5-17-44(23-24)18-6-12-32(45)42-31-11-3-2-10-30(31)37/h2-4,8-11,13-16,21-22,24H,5-7,12,17-20,23,37H2,1H3,(H,40,46)(H,42,45)(H2,38,39,41,43). The van der Waals surface area contributed by atoms with Crippen LogP contribution in [0.1, 0.15) is 25.7 Å². The van der Waals surface area contributed by atoms with Crippen LogP contribution in [0.25, 0.3) is 0 Å². The lowest BCUT2D eigenvalue weighted by molar-refractivity contribution is -0.121. The highest BCUT2D eigenvalue weighted by atomic mass is 19.1. The number of para-hydroxylation sites is 2. The van der Waals surface area contributed by atoms with Crippen molar-refractivity contribution in [2.24, 2.45) is 5.92 Å². The van der Waals surface area contributed by atoms with E-state index in [9.17, 15) is 14.0 Å². The average Bonchev–Trinajstić information content (AvgIpc) is 3.08. The molecular formula is C35H41FN8O4. The van der Waals surface area contributed by atoms with Crippen LogP contribution in [0.15, 0.2) is 79.0 Å². The molecule has 4 aromatic rings. The number of aromatic nitrogens is 2. The van der Waals surface area contributed by atoms with E-state index in [0.717, 1.165) is 32.1 Å². The maximum Gasteiger partial charge on any atom is 0.229 e. The number of anilines is 7. The fraction of sp³-hybridized carbons (Fsp3) is 0.314. The van der Waals surface area contributed by atoms with E-state index in [2.05, 4.69) is 36.1 Å². The first-order valence-electron chi connectivity index (χ1n) is 15.9. The molecule has 0 saturated carbocycles. The minimum atomic E-state index is -0.624. The van der Waals surface area contributed by atoms with Gasteiger partial charge in [-0.25, -0.2) is 9.37 Å². The first-order valence-corrected chi connectivity index (χ1v) is 15.9. The van der Waals surface area contributed by atoms with E-state index in [-0.39, 0.29) is 29.5 Å². The first-order chi connectivity index (χ1) is 23.4. The number of amides is 2. The number of rotatable bonds is 15. The molecule has 0 bridgehead atoms. The highest BCUT2D eigenvalue weighted by molar-refractivity contribution is 5.94. The van der Waals surface area contributed by atoms with Crippen molar-refractivity contribution in [1.82, 2.24) is 14.9 Å². The normalized spacial score (nSPS) is 14.6. The monoisotopic (exact) mass is 656 g/mol. The lowest BCUT2D eigenvalue weighted by atomic mass is 9.96. The van der Waals surface area contributed by atoms with Crippen LogP contribution >= 0.6 is 0 Å². The number of carbonyl (C=O) groups is 2. The number of benzene rings is 3. The maximum absolute atomic E-state index is 14.7. The SMILES string of the molecule is COCCOc1ccc(Nc2ncc(F)c(Nc3cccc(NC(=O)C4CCCN(CCCC(=O)Nc5ccccc5N)C4)c3)n2)cc1. The van der Waals surface area contributed by atoms with E-state index in [1.807, 2.05) is 24.3 Å². The summed E-state index contributed by atoms with van der Waals surface area (Å²) >= 11 is 0. The van der Waals surface area contributed by atoms with Crippen molar-refractivity contribution in [3.05, 3.63) is 84.8 Å². The van der Waals surface area contributed by atoms with Crippen LogP contribution < -0.4 is 31.7 Å². The zero-order valence-electron chi connectivity index (χ0n) is 26.9. The van der Waals surface area contributed by atoms with Gasteiger partial charge in [0.25, 0.3) is 0 Å². The van der Waals surface area contributed by atoms with Gasteiger partial charge in [0.2, 0.25) is 17.8 Å². The Balaban J connectivity index is 1.10. The number of ether oxygens (including phenoxy) is 2. The maximum atomic E-state index is 14.7. The van der Waals surface area contributed by atoms with Gasteiger partial charge in [0.15, 0.2) is 11.6 Å². The smallest absolute Gasteiger partial charge is 0.229 e. The summed E-state index contributed by atoms with van der Waals surface area (Å²) in [4.78, 5) is 36.2. The molecule has 2 amide bonds. The Kier molecular flexibility index (Phi) is 12.1. The summed E-state index contributed by atoms with van der Waals surface area (Å²) in [6.45, 7) is 3.15. The summed E-state index contributed by atoms with van der Waals surface area (Å²) < 4.78 is 25.3. The van der Waals surface area contributed by atoms with Gasteiger partial charge >= 0.3 is 0 Å². The average molecular weight is 657 g/mol. The Labute approximate surface area is 279 Å². The van der Waals surface area contributed by atoms with E-state index >= 15 is 0 Å². The number of carbonyl (C=O) groups excluding carboxylic acids is 2. The van der Waals surface area contributed by atoms with Gasteiger partial charge in [-0.15, -0.1) is 0 Å². The molecule has 1 atom stereocenters. The second-order valence-electron chi connectivity index (χ2n) is 11.5. The number of piperidine rings is 1. The van der Waals surface area contributed by atoms with Crippen LogP contribution in [-0.2, 0) is 14.3 Å². The van der Waals surface area contributed by atoms with Gasteiger partial charge in [-0.2, -0.15) is 4.98 Å². The summed E-state index contributed by atoms with van der Waals surface area (Å²) in [6.07, 6.45) is 3.80. The van der Waals surface area contributed by atoms with Crippen LogP contribution in [0.4, 0.5) is 44.6 Å². The second-order valence-corrected chi connectivity index (χ2v) is 11.5. The van der Waals surface area contributed by atoms with Crippen molar-refractivity contribution in [2.75, 3.05) is 67.0 Å². The minimum Gasteiger partial charge on any atom is -0.491 e. The van der Waals surface area contributed by atoms with Gasteiger partial charge in [-0.05, 0) is 86.9 Å². The molecule has 0 radical (unpaired) electrons. The Morgan fingerprint density at radius 2 is 1.79 bits per heavy atom. The summed E-state index contributed by atoms with van der Waals surface area (Å²) in [5.74, 6) is -0.0898. The molecule has 2 heterocycles. The largest absolute Gasteiger partial charge is 0.491 e. The fourth-order valence-electron chi connectivity index (χ4n) is 5.34. The molecule has 12 nitrogen and oxygen atoms in total. The molecule has 1 aliphatic rings. The van der Waals surface area contributed by atoms with Crippen molar-refractivity contribution in [3.8, 4) is 5.75 Å². The number of likely N-dealkylation sites (tertiary alicyclic amines) is 1. The van der Waals surface area contributed by atoms with Crippen molar-refractivity contribution in [3.63, 3.8) is 0 Å². The number of halogens is 1. The number of nitrogen functional groups attached to an aromatic ring is 1. The number of methoxy groups -OCH3 is 1. The van der Waals surface area contributed by atoms with Gasteiger partial charge in [0, 0.05) is 37.1 Å². The molecule has 48 heavy (non-hydrogen) atoms. The van der Waals surface area contributed by atoms with Gasteiger partial charge in [0.05, 0.1) is 30.1 Å². The third kappa shape index (κ3) is 10.1. The third-order valence-electron chi connectivity index (χ3n) is 7.79. The molecule has 0 spiro atoms. The zero-order chi connectivity index (χ0) is 33.7. The summed E-state index contributed by atoms with van der Waals surface area (Å²) in [7, 11) is 1.61. The number of nitrogens with zero attached hydrogens (tertiary/aromatic N) is 3. The molecule has 6 N–H and O–H groups in total. The highest BCUT2D eigenvalue weighted by Gasteiger charge is 2.26. The van der Waals surface area contributed by atoms with E-state index in [4.69, 9.17) is 15.2 Å². The van der Waals surface area contributed by atoms with Gasteiger partial charge in [0.1, 0.15) is 12.4 Å². The molecule has 1 aliphatic heterocycles. The minimum absolute atomic E-state index is 0.0145. The molecule has 13 heteroatoms. The van der Waals surface area contributed by atoms with Crippen LogP contribution in [0.3, 0.4) is 0 Å². The van der Waals surface area contributed by atoms with Crippen LogP contribution in [0.2, 0.25) is 0 Å². The Hall–Kier alpha value is -5.27. The summed E-state index contributed by atoms with van der Waals surface area (Å²) in [6, 6.07) is 21.4. The van der Waals surface area contributed by atoms with Crippen LogP contribution in [0.5, 0.6) is 5.75 Å². The number of hydrogen-bond acceptors (Lipinski definition) is 10. The predicted molar refractivity (Wildman–Crippen MR) is 185 cm³/mol. The highest BCUT2D eigenvalue weighted by Crippen LogP contribution is 2.25. The summed E-state index contributed by atoms with van der Waals surface area (Å²) in [5, 5.41) is 11.9. The van der Waals surface area contributed by atoms with Gasteiger partial charge in [-0.1, -0.05) is 18.2 Å². The summed E-state index contributed by atoms with van der Waals surface area (Å²) in [5.41, 5.74) is 8.90. The van der Waals surface area contributed by atoms with E-state index in [0.29, 0.717) is 66.8 Å². The molecule has 1 aromatic heterocycles. The zero-order valence-corrected chi connectivity index (χ0v) is 26.9. The molecule has 252 valence electrons. The molecule has 1 saturated heterocycles. The van der Waals surface area contributed by atoms with Crippen LogP contribution in [0, 0.1) is 11.7 Å². The number of hydrogen-bond donors (Lipinski definition) is 5. The van der Waals surface area contributed by atoms with E-state index in [1.54, 1.807) is 55.6 Å². The van der Waals surface area contributed by atoms with E-state index < -0.39 is 5.82 Å². The predicted octanol–water partition coefficient (Wildman–Crippen LogP) is 5.78. The lowest BCUT2D eigenvalue weighted by Gasteiger charge is -2.32. The van der Waals surface area contributed by atoms with Crippen molar-refractivity contribution in [2.45, 2.75) is 25.7 Å². The molecule has 1 unspecified atom stereocenters. The Morgan fingerprint density at radius 3 is 2.60 bits per heavy atom. The topological polar surface area (TPSA) is 156 Å². The fourth-order valence-corrected chi connectivity index (χ4v) is 5.34. The first kappa shape index (κ1) is 34.1. The quantitative estimate of drug-likeness (QED) is 0.0786. The van der Waals surface area contributed by atoms with Crippen molar-refractivity contribution in [1.29, 1.82) is 0 Å². The van der Waals surface area contributed by atoms with Crippen molar-refractivity contribution >= 4 is 52.0 Å². The van der Waals surface area contributed by atoms with Gasteiger partial charge < -0.3 is 41.4 Å². The molecular weight excluding hydrogens is 615 g/mol.